The molecule has 4 aromatic rings. The average molecular weight is 359 g/mol. The van der Waals surface area contributed by atoms with Crippen molar-refractivity contribution in [2.75, 3.05) is 0 Å². The van der Waals surface area contributed by atoms with Gasteiger partial charge in [-0.15, -0.1) is 34.0 Å². The molecule has 0 aliphatic rings. The third-order valence-corrected chi connectivity index (χ3v) is 6.78. The Labute approximate surface area is 146 Å². The molecule has 0 saturated carbocycles. The molecule has 4 rings (SSSR count). The molecule has 0 fully saturated rings. The summed E-state index contributed by atoms with van der Waals surface area (Å²) in [7, 11) is 0. The summed E-state index contributed by atoms with van der Waals surface area (Å²) >= 11 is 11.4. The molecular formula is C18H11ClS3. The van der Waals surface area contributed by atoms with Crippen LogP contribution in [0.15, 0.2) is 65.4 Å². The van der Waals surface area contributed by atoms with Crippen molar-refractivity contribution >= 4 is 45.6 Å². The summed E-state index contributed by atoms with van der Waals surface area (Å²) < 4.78 is 0. The minimum Gasteiger partial charge on any atom is -0.144 e. The fourth-order valence-electron chi connectivity index (χ4n) is 2.35. The lowest BCUT2D eigenvalue weighted by atomic mass is 10.1. The second kappa shape index (κ2) is 6.01. The van der Waals surface area contributed by atoms with E-state index in [1.54, 1.807) is 22.7 Å². The van der Waals surface area contributed by atoms with Crippen molar-refractivity contribution in [2.24, 2.45) is 0 Å². The first-order chi connectivity index (χ1) is 10.8. The fourth-order valence-corrected chi connectivity index (χ4v) is 5.34. The van der Waals surface area contributed by atoms with Crippen LogP contribution in [-0.4, -0.2) is 0 Å². The summed E-state index contributed by atoms with van der Waals surface area (Å²) in [5.41, 5.74) is 2.54. The van der Waals surface area contributed by atoms with E-state index < -0.39 is 0 Å². The van der Waals surface area contributed by atoms with Crippen LogP contribution in [0.25, 0.3) is 30.6 Å². The lowest BCUT2D eigenvalue weighted by Crippen LogP contribution is -1.71. The Bertz CT molecular complexity index is 817. The third-order valence-electron chi connectivity index (χ3n) is 3.39. The van der Waals surface area contributed by atoms with Crippen LogP contribution >= 0.6 is 45.6 Å². The van der Waals surface area contributed by atoms with E-state index in [1.165, 1.54) is 30.6 Å². The van der Waals surface area contributed by atoms with E-state index in [-0.39, 0.29) is 0 Å². The molecule has 3 heterocycles. The standard InChI is InChI=1S/C18H11ClS3/c19-13-7-5-12(6-8-13)17-11-14(15-3-1-9-20-15)18(22-17)16-4-2-10-21-16/h1-11H. The molecule has 0 spiro atoms. The summed E-state index contributed by atoms with van der Waals surface area (Å²) in [5.74, 6) is 0. The molecule has 3 aromatic heterocycles. The summed E-state index contributed by atoms with van der Waals surface area (Å²) in [6.45, 7) is 0. The van der Waals surface area contributed by atoms with Crippen LogP contribution in [0.3, 0.4) is 0 Å². The smallest absolute Gasteiger partial charge is 0.0535 e. The highest BCUT2D eigenvalue weighted by atomic mass is 35.5. The third kappa shape index (κ3) is 2.66. The van der Waals surface area contributed by atoms with Crippen molar-refractivity contribution in [3.05, 3.63) is 70.4 Å². The van der Waals surface area contributed by atoms with Gasteiger partial charge >= 0.3 is 0 Å². The highest BCUT2D eigenvalue weighted by Gasteiger charge is 2.15. The number of benzene rings is 1. The molecule has 0 amide bonds. The SMILES string of the molecule is Clc1ccc(-c2cc(-c3cccs3)c(-c3cccs3)s2)cc1. The molecular weight excluding hydrogens is 348 g/mol. The molecule has 0 bridgehead atoms. The van der Waals surface area contributed by atoms with Crippen LogP contribution in [0.4, 0.5) is 0 Å². The maximum Gasteiger partial charge on any atom is 0.0535 e. The minimum atomic E-state index is 0.775. The lowest BCUT2D eigenvalue weighted by molar-refractivity contribution is 1.69. The summed E-state index contributed by atoms with van der Waals surface area (Å²) in [4.78, 5) is 5.28. The van der Waals surface area contributed by atoms with Crippen LogP contribution in [0.2, 0.25) is 5.02 Å². The Kier molecular flexibility index (Phi) is 3.89. The normalized spacial score (nSPS) is 11.0. The van der Waals surface area contributed by atoms with Crippen molar-refractivity contribution in [3.63, 3.8) is 0 Å². The highest BCUT2D eigenvalue weighted by Crippen LogP contribution is 2.45. The second-order valence-corrected chi connectivity index (χ2v) is 8.20. The first-order valence-electron chi connectivity index (χ1n) is 6.79. The molecule has 0 atom stereocenters. The van der Waals surface area contributed by atoms with Gasteiger partial charge in [-0.2, -0.15) is 0 Å². The number of hydrogen-bond acceptors (Lipinski definition) is 3. The molecule has 0 aliphatic heterocycles. The molecule has 0 aliphatic carbocycles. The largest absolute Gasteiger partial charge is 0.144 e. The Balaban J connectivity index is 1.88. The number of rotatable bonds is 3. The van der Waals surface area contributed by atoms with Crippen LogP contribution in [0.5, 0.6) is 0 Å². The van der Waals surface area contributed by atoms with Gasteiger partial charge in [-0.3, -0.25) is 0 Å². The van der Waals surface area contributed by atoms with Gasteiger partial charge in [0.15, 0.2) is 0 Å². The van der Waals surface area contributed by atoms with Crippen LogP contribution in [0.1, 0.15) is 0 Å². The minimum absolute atomic E-state index is 0.775. The van der Waals surface area contributed by atoms with Gasteiger partial charge in [-0.1, -0.05) is 35.9 Å². The van der Waals surface area contributed by atoms with Crippen molar-refractivity contribution in [3.8, 4) is 30.6 Å². The molecule has 0 N–H and O–H groups in total. The number of halogens is 1. The Morgan fingerprint density at radius 1 is 0.727 bits per heavy atom. The topological polar surface area (TPSA) is 0 Å². The van der Waals surface area contributed by atoms with E-state index in [0.717, 1.165) is 5.02 Å². The first-order valence-corrected chi connectivity index (χ1v) is 9.74. The van der Waals surface area contributed by atoms with Gasteiger partial charge in [0.05, 0.1) is 4.88 Å². The Morgan fingerprint density at radius 3 is 2.05 bits per heavy atom. The molecule has 0 radical (unpaired) electrons. The zero-order valence-electron chi connectivity index (χ0n) is 11.5. The number of hydrogen-bond donors (Lipinski definition) is 0. The average Bonchev–Trinajstić information content (AvgIpc) is 3.27. The van der Waals surface area contributed by atoms with Crippen LogP contribution in [0, 0.1) is 0 Å². The van der Waals surface area contributed by atoms with Crippen molar-refractivity contribution < 1.29 is 0 Å². The van der Waals surface area contributed by atoms with Crippen LogP contribution in [-0.2, 0) is 0 Å². The van der Waals surface area contributed by atoms with E-state index in [0.29, 0.717) is 0 Å². The maximum absolute atomic E-state index is 6.00. The van der Waals surface area contributed by atoms with Crippen molar-refractivity contribution in [1.82, 2.24) is 0 Å². The molecule has 0 nitrogen and oxygen atoms in total. The molecule has 22 heavy (non-hydrogen) atoms. The molecule has 1 aromatic carbocycles. The molecule has 0 unspecified atom stereocenters. The maximum atomic E-state index is 6.00. The first kappa shape index (κ1) is 14.2. The van der Waals surface area contributed by atoms with Gasteiger partial charge in [-0.25, -0.2) is 0 Å². The molecule has 4 heteroatoms. The Morgan fingerprint density at radius 2 is 1.41 bits per heavy atom. The zero-order valence-corrected chi connectivity index (χ0v) is 14.7. The predicted octanol–water partition coefficient (Wildman–Crippen LogP) is 7.53. The van der Waals surface area contributed by atoms with Gasteiger partial charge in [0.2, 0.25) is 0 Å². The number of thiophene rings is 3. The van der Waals surface area contributed by atoms with Crippen molar-refractivity contribution in [1.29, 1.82) is 0 Å². The summed E-state index contributed by atoms with van der Waals surface area (Å²) in [6.07, 6.45) is 0. The van der Waals surface area contributed by atoms with Crippen LogP contribution < -0.4 is 0 Å². The molecule has 108 valence electrons. The lowest BCUT2D eigenvalue weighted by Gasteiger charge is -1.97. The van der Waals surface area contributed by atoms with E-state index in [9.17, 15) is 0 Å². The summed E-state index contributed by atoms with van der Waals surface area (Å²) in [6, 6.07) is 19.0. The highest BCUT2D eigenvalue weighted by molar-refractivity contribution is 7.24. The second-order valence-electron chi connectivity index (χ2n) is 4.81. The van der Waals surface area contributed by atoms with Gasteiger partial charge < -0.3 is 0 Å². The predicted molar refractivity (Wildman–Crippen MR) is 101 cm³/mol. The molecule has 0 saturated heterocycles. The quantitative estimate of drug-likeness (QED) is 0.355. The monoisotopic (exact) mass is 358 g/mol. The van der Waals surface area contributed by atoms with Gasteiger partial charge in [0.1, 0.15) is 0 Å². The van der Waals surface area contributed by atoms with Gasteiger partial charge in [0, 0.05) is 25.2 Å². The Hall–Kier alpha value is -1.39. The summed E-state index contributed by atoms with van der Waals surface area (Å²) in [5, 5.41) is 5.04. The van der Waals surface area contributed by atoms with Crippen molar-refractivity contribution in [2.45, 2.75) is 0 Å². The van der Waals surface area contributed by atoms with Gasteiger partial charge in [0.25, 0.3) is 0 Å². The van der Waals surface area contributed by atoms with E-state index >= 15 is 0 Å². The van der Waals surface area contributed by atoms with Gasteiger partial charge in [-0.05, 0) is 46.7 Å². The fraction of sp³-hybridized carbons (Fsp3) is 0. The zero-order chi connectivity index (χ0) is 14.9. The van der Waals surface area contributed by atoms with E-state index in [4.69, 9.17) is 11.6 Å². The van der Waals surface area contributed by atoms with E-state index in [1.807, 2.05) is 23.5 Å². The van der Waals surface area contributed by atoms with E-state index in [2.05, 4.69) is 53.2 Å².